The van der Waals surface area contributed by atoms with Gasteiger partial charge in [-0.3, -0.25) is 4.79 Å². The normalized spacial score (nSPS) is 12.8. The summed E-state index contributed by atoms with van der Waals surface area (Å²) in [4.78, 5) is 11.4. The number of carbonyl (C=O) groups is 1. The molecule has 0 saturated heterocycles. The fourth-order valence-corrected chi connectivity index (χ4v) is 2.63. The van der Waals surface area contributed by atoms with Gasteiger partial charge in [-0.2, -0.15) is 0 Å². The molecule has 2 heteroatoms. The molecular weight excluding hydrogens is 270 g/mol. The number of aromatic nitrogens is 1. The molecule has 0 radical (unpaired) electrons. The third kappa shape index (κ3) is 3.34. The van der Waals surface area contributed by atoms with Gasteiger partial charge in [-0.25, -0.2) is 0 Å². The number of aryl methyl sites for hydroxylation is 1. The second-order valence-corrected chi connectivity index (χ2v) is 5.21. The highest BCUT2D eigenvalue weighted by Crippen LogP contribution is 2.27. The summed E-state index contributed by atoms with van der Waals surface area (Å²) in [6.45, 7) is 7.77. The van der Waals surface area contributed by atoms with Crippen molar-refractivity contribution in [3.63, 3.8) is 0 Å². The van der Waals surface area contributed by atoms with Gasteiger partial charge in [0.05, 0.1) is 0 Å². The summed E-state index contributed by atoms with van der Waals surface area (Å²) in [5, 5.41) is 0. The number of benzene rings is 1. The maximum Gasteiger partial charge on any atom is 0.151 e. The van der Waals surface area contributed by atoms with Crippen LogP contribution in [0.1, 0.15) is 34.6 Å². The average Bonchev–Trinajstić information content (AvgIpc) is 2.89. The van der Waals surface area contributed by atoms with E-state index in [-0.39, 0.29) is 5.92 Å². The summed E-state index contributed by atoms with van der Waals surface area (Å²) < 4.78 is 2.15. The van der Waals surface area contributed by atoms with Crippen molar-refractivity contribution in [2.24, 2.45) is 0 Å². The minimum Gasteiger partial charge on any atom is -0.317 e. The SMILES string of the molecule is C=C/C=C\C=C/C(C)c1c(C=O)cc(C)n1-c1ccccc1. The largest absolute Gasteiger partial charge is 0.317 e. The lowest BCUT2D eigenvalue weighted by Crippen LogP contribution is -2.06. The van der Waals surface area contributed by atoms with E-state index in [0.29, 0.717) is 0 Å². The number of hydrogen-bond donors (Lipinski definition) is 0. The van der Waals surface area contributed by atoms with E-state index in [1.807, 2.05) is 49.4 Å². The van der Waals surface area contributed by atoms with Crippen molar-refractivity contribution in [2.75, 3.05) is 0 Å². The lowest BCUT2D eigenvalue weighted by Gasteiger charge is -2.15. The van der Waals surface area contributed by atoms with E-state index in [4.69, 9.17) is 0 Å². The monoisotopic (exact) mass is 291 g/mol. The molecule has 0 fully saturated rings. The topological polar surface area (TPSA) is 22.0 Å². The van der Waals surface area contributed by atoms with Crippen LogP contribution in [-0.2, 0) is 0 Å². The average molecular weight is 291 g/mol. The highest BCUT2D eigenvalue weighted by atomic mass is 16.1. The second-order valence-electron chi connectivity index (χ2n) is 5.21. The lowest BCUT2D eigenvalue weighted by molar-refractivity contribution is 0.112. The Morgan fingerprint density at radius 1 is 1.14 bits per heavy atom. The summed E-state index contributed by atoms with van der Waals surface area (Å²) in [5.74, 6) is 0.128. The minimum absolute atomic E-state index is 0.128. The molecule has 2 rings (SSSR count). The van der Waals surface area contributed by atoms with Gasteiger partial charge in [0.1, 0.15) is 0 Å². The maximum absolute atomic E-state index is 11.4. The zero-order valence-corrected chi connectivity index (χ0v) is 13.1. The molecule has 0 aliphatic carbocycles. The Balaban J connectivity index is 2.49. The van der Waals surface area contributed by atoms with E-state index in [2.05, 4.69) is 36.3 Å². The Morgan fingerprint density at radius 2 is 1.86 bits per heavy atom. The highest BCUT2D eigenvalue weighted by Gasteiger charge is 2.17. The molecule has 0 spiro atoms. The second kappa shape index (κ2) is 7.41. The van der Waals surface area contributed by atoms with Crippen LogP contribution in [0.4, 0.5) is 0 Å². The van der Waals surface area contributed by atoms with Gasteiger partial charge in [0, 0.05) is 28.6 Å². The summed E-state index contributed by atoms with van der Waals surface area (Å²) >= 11 is 0. The predicted molar refractivity (Wildman–Crippen MR) is 92.8 cm³/mol. The molecule has 2 nitrogen and oxygen atoms in total. The molecule has 0 aliphatic rings. The van der Waals surface area contributed by atoms with Crippen LogP contribution in [-0.4, -0.2) is 10.9 Å². The van der Waals surface area contributed by atoms with Crippen molar-refractivity contribution in [3.05, 3.63) is 90.3 Å². The van der Waals surface area contributed by atoms with Crippen LogP contribution in [0.5, 0.6) is 0 Å². The minimum atomic E-state index is 0.128. The number of rotatable bonds is 6. The van der Waals surface area contributed by atoms with Crippen LogP contribution >= 0.6 is 0 Å². The van der Waals surface area contributed by atoms with Crippen molar-refractivity contribution in [2.45, 2.75) is 19.8 Å². The van der Waals surface area contributed by atoms with Crippen LogP contribution in [0.25, 0.3) is 5.69 Å². The summed E-state index contributed by atoms with van der Waals surface area (Å²) in [5.41, 5.74) is 3.89. The molecule has 2 aromatic rings. The Morgan fingerprint density at radius 3 is 2.50 bits per heavy atom. The quantitative estimate of drug-likeness (QED) is 0.542. The molecule has 22 heavy (non-hydrogen) atoms. The van der Waals surface area contributed by atoms with Crippen LogP contribution < -0.4 is 0 Å². The fraction of sp³-hybridized carbons (Fsp3) is 0.150. The third-order valence-electron chi connectivity index (χ3n) is 3.58. The van der Waals surface area contributed by atoms with Gasteiger partial charge in [0.15, 0.2) is 6.29 Å². The molecule has 1 atom stereocenters. The summed E-state index contributed by atoms with van der Waals surface area (Å²) in [6.07, 6.45) is 10.6. The number of carbonyl (C=O) groups excluding carboxylic acids is 1. The zero-order valence-electron chi connectivity index (χ0n) is 13.1. The van der Waals surface area contributed by atoms with Crippen LogP contribution in [0.2, 0.25) is 0 Å². The van der Waals surface area contributed by atoms with Gasteiger partial charge in [-0.1, -0.05) is 62.1 Å². The van der Waals surface area contributed by atoms with Crippen LogP contribution in [0.3, 0.4) is 0 Å². The van der Waals surface area contributed by atoms with Gasteiger partial charge in [-0.15, -0.1) is 0 Å². The van der Waals surface area contributed by atoms with Gasteiger partial charge >= 0.3 is 0 Å². The molecule has 1 unspecified atom stereocenters. The Labute approximate surface area is 132 Å². The van der Waals surface area contributed by atoms with Gasteiger partial charge < -0.3 is 4.57 Å². The van der Waals surface area contributed by atoms with E-state index >= 15 is 0 Å². The fourth-order valence-electron chi connectivity index (χ4n) is 2.63. The smallest absolute Gasteiger partial charge is 0.151 e. The van der Waals surface area contributed by atoms with E-state index in [1.165, 1.54) is 0 Å². The molecule has 1 aromatic heterocycles. The van der Waals surface area contributed by atoms with Crippen molar-refractivity contribution in [3.8, 4) is 5.69 Å². The van der Waals surface area contributed by atoms with Gasteiger partial charge in [0.25, 0.3) is 0 Å². The first-order chi connectivity index (χ1) is 10.7. The van der Waals surface area contributed by atoms with E-state index < -0.39 is 0 Å². The zero-order chi connectivity index (χ0) is 15.9. The Hall–Kier alpha value is -2.61. The first kappa shape index (κ1) is 15.8. The number of hydrogen-bond acceptors (Lipinski definition) is 1. The number of aldehydes is 1. The molecule has 0 bridgehead atoms. The standard InChI is InChI=1S/C20H21NO/c1-4-5-6-8-11-16(2)20-18(15-22)14-17(3)21(20)19-12-9-7-10-13-19/h4-16H,1H2,2-3H3/b6-5-,11-8-. The number of nitrogens with zero attached hydrogens (tertiary/aromatic N) is 1. The Kier molecular flexibility index (Phi) is 5.31. The van der Waals surface area contributed by atoms with Gasteiger partial charge in [-0.05, 0) is 25.1 Å². The predicted octanol–water partition coefficient (Wildman–Crippen LogP) is 5.00. The summed E-state index contributed by atoms with van der Waals surface area (Å²) in [7, 11) is 0. The molecule has 0 amide bonds. The molecular formula is C20H21NO. The van der Waals surface area contributed by atoms with Crippen LogP contribution in [0, 0.1) is 6.92 Å². The molecule has 1 heterocycles. The number of allylic oxidation sites excluding steroid dienone is 5. The molecule has 112 valence electrons. The maximum atomic E-state index is 11.4. The van der Waals surface area contributed by atoms with Crippen molar-refractivity contribution in [1.29, 1.82) is 0 Å². The molecule has 1 aromatic carbocycles. The van der Waals surface area contributed by atoms with Crippen molar-refractivity contribution < 1.29 is 4.79 Å². The number of para-hydroxylation sites is 1. The highest BCUT2D eigenvalue weighted by molar-refractivity contribution is 5.78. The van der Waals surface area contributed by atoms with Crippen LogP contribution in [0.15, 0.2) is 73.4 Å². The summed E-state index contributed by atoms with van der Waals surface area (Å²) in [6, 6.07) is 12.1. The molecule has 0 saturated carbocycles. The van der Waals surface area contributed by atoms with E-state index in [9.17, 15) is 4.79 Å². The van der Waals surface area contributed by atoms with E-state index in [1.54, 1.807) is 6.08 Å². The molecule has 0 aliphatic heterocycles. The first-order valence-corrected chi connectivity index (χ1v) is 7.37. The van der Waals surface area contributed by atoms with E-state index in [0.717, 1.165) is 28.9 Å². The molecule has 0 N–H and O–H groups in total. The van der Waals surface area contributed by atoms with Crippen molar-refractivity contribution in [1.82, 2.24) is 4.57 Å². The lowest BCUT2D eigenvalue weighted by atomic mass is 10.0. The van der Waals surface area contributed by atoms with Crippen molar-refractivity contribution >= 4 is 6.29 Å². The third-order valence-corrected chi connectivity index (χ3v) is 3.58. The van der Waals surface area contributed by atoms with Gasteiger partial charge in [0.2, 0.25) is 0 Å². The Bertz CT molecular complexity index is 705. The first-order valence-electron chi connectivity index (χ1n) is 7.37.